The van der Waals surface area contributed by atoms with Crippen LogP contribution < -0.4 is 9.46 Å². The number of nitrogens with one attached hydrogen (secondary N) is 1. The molecule has 0 aromatic heterocycles. The van der Waals surface area contributed by atoms with Crippen molar-refractivity contribution in [2.45, 2.75) is 49.6 Å². The number of fused-ring (bicyclic) bond motifs is 3. The van der Waals surface area contributed by atoms with Gasteiger partial charge in [0.15, 0.2) is 0 Å². The third-order valence-corrected chi connectivity index (χ3v) is 9.20. The lowest BCUT2D eigenvalue weighted by Gasteiger charge is -2.27. The fourth-order valence-electron chi connectivity index (χ4n) is 5.64. The summed E-state index contributed by atoms with van der Waals surface area (Å²) in [5.41, 5.74) is 1.01. The van der Waals surface area contributed by atoms with Gasteiger partial charge in [-0.2, -0.15) is 0 Å². The Hall–Kier alpha value is -3.18. The molecule has 0 radical (unpaired) electrons. The third-order valence-electron chi connectivity index (χ3n) is 7.74. The molecule has 11 heteroatoms. The number of hydrogen-bond donors (Lipinski definition) is 1. The fraction of sp³-hybridized carbons (Fsp3) is 0.481. The Morgan fingerprint density at radius 3 is 2.79 bits per heavy atom. The molecule has 0 bridgehead atoms. The number of sulfonamides is 1. The fourth-order valence-corrected chi connectivity index (χ4v) is 6.93. The number of carbonyl (C=O) groups is 2. The minimum atomic E-state index is -4.29. The number of halogens is 1. The van der Waals surface area contributed by atoms with Gasteiger partial charge in [0.05, 0.1) is 30.3 Å². The van der Waals surface area contributed by atoms with Gasteiger partial charge in [-0.25, -0.2) is 17.6 Å². The number of ether oxygens (including phenoxy) is 2. The van der Waals surface area contributed by atoms with Gasteiger partial charge in [-0.15, -0.1) is 0 Å². The van der Waals surface area contributed by atoms with Gasteiger partial charge in [-0.05, 0) is 73.7 Å². The zero-order chi connectivity index (χ0) is 27.2. The molecule has 1 unspecified atom stereocenters. The quantitative estimate of drug-likeness (QED) is 0.507. The second kappa shape index (κ2) is 10.2. The van der Waals surface area contributed by atoms with Crippen molar-refractivity contribution in [3.8, 4) is 5.75 Å². The molecule has 1 amide bonds. The van der Waals surface area contributed by atoms with E-state index in [1.54, 1.807) is 13.1 Å². The van der Waals surface area contributed by atoms with Crippen molar-refractivity contribution >= 4 is 27.6 Å². The van der Waals surface area contributed by atoms with E-state index in [9.17, 15) is 22.4 Å². The van der Waals surface area contributed by atoms with Crippen LogP contribution in [0.25, 0.3) is 0 Å². The first-order chi connectivity index (χ1) is 18.1. The molecule has 2 fully saturated rings. The maximum atomic E-state index is 14.3. The molecule has 2 aromatic rings. The van der Waals surface area contributed by atoms with Crippen LogP contribution >= 0.6 is 0 Å². The highest BCUT2D eigenvalue weighted by Gasteiger charge is 2.45. The van der Waals surface area contributed by atoms with E-state index in [1.165, 1.54) is 24.1 Å². The van der Waals surface area contributed by atoms with E-state index in [1.807, 2.05) is 6.92 Å². The Balaban J connectivity index is 1.45. The van der Waals surface area contributed by atoms with Crippen molar-refractivity contribution < 1.29 is 31.9 Å². The maximum absolute atomic E-state index is 14.3. The van der Waals surface area contributed by atoms with Crippen molar-refractivity contribution in [1.82, 2.24) is 9.80 Å². The molecule has 2 heterocycles. The Bertz CT molecular complexity index is 1380. The largest absolute Gasteiger partial charge is 0.492 e. The molecule has 2 aromatic carbocycles. The van der Waals surface area contributed by atoms with Crippen LogP contribution in [-0.4, -0.2) is 70.0 Å². The standard InChI is InChI=1S/C27H32FN3O6S/c1-4-31-11-5-6-22(31)26(32)30(2)14-16-12-18(28)7-10-23(16)38(34,35)29-21-9-8-19-20-13-17(20)15-37-25(19)24(21)27(33)36-3/h7-10,12,17,20,22,29H,4-6,11,13-15H2,1-3H3/t17-,20-,22?/m0/s1. The zero-order valence-corrected chi connectivity index (χ0v) is 22.5. The summed E-state index contributed by atoms with van der Waals surface area (Å²) in [7, 11) is -1.48. The van der Waals surface area contributed by atoms with Gasteiger partial charge in [0.25, 0.3) is 10.0 Å². The van der Waals surface area contributed by atoms with E-state index in [2.05, 4.69) is 9.62 Å². The average Bonchev–Trinajstić information content (AvgIpc) is 3.54. The van der Waals surface area contributed by atoms with E-state index < -0.39 is 21.8 Å². The van der Waals surface area contributed by atoms with Crippen molar-refractivity contribution in [3.63, 3.8) is 0 Å². The van der Waals surface area contributed by atoms with Gasteiger partial charge in [-0.1, -0.05) is 13.0 Å². The molecule has 1 aliphatic carbocycles. The third kappa shape index (κ3) is 4.84. The first-order valence-corrected chi connectivity index (χ1v) is 14.3. The predicted molar refractivity (Wildman–Crippen MR) is 138 cm³/mol. The van der Waals surface area contributed by atoms with E-state index in [4.69, 9.17) is 9.47 Å². The number of likely N-dealkylation sites (N-methyl/N-ethyl adjacent to an activating group) is 2. The van der Waals surface area contributed by atoms with Crippen LogP contribution in [0.1, 0.15) is 53.6 Å². The summed E-state index contributed by atoms with van der Waals surface area (Å²) < 4.78 is 54.8. The number of esters is 1. The number of amides is 1. The molecule has 38 heavy (non-hydrogen) atoms. The monoisotopic (exact) mass is 545 g/mol. The minimum Gasteiger partial charge on any atom is -0.492 e. The molecule has 9 nitrogen and oxygen atoms in total. The van der Waals surface area contributed by atoms with E-state index >= 15 is 0 Å². The molecule has 204 valence electrons. The highest BCUT2D eigenvalue weighted by Crippen LogP contribution is 2.55. The summed E-state index contributed by atoms with van der Waals surface area (Å²) in [6, 6.07) is 6.37. The van der Waals surface area contributed by atoms with Crippen LogP contribution in [0.2, 0.25) is 0 Å². The molecule has 0 spiro atoms. The Labute approximate surface area is 221 Å². The van der Waals surface area contributed by atoms with Gasteiger partial charge in [0.2, 0.25) is 5.91 Å². The van der Waals surface area contributed by atoms with Gasteiger partial charge in [-0.3, -0.25) is 14.4 Å². The van der Waals surface area contributed by atoms with Gasteiger partial charge in [0.1, 0.15) is 17.1 Å². The summed E-state index contributed by atoms with van der Waals surface area (Å²) in [6.45, 7) is 3.92. The molecule has 3 atom stereocenters. The van der Waals surface area contributed by atoms with Crippen LogP contribution in [0.5, 0.6) is 5.75 Å². The second-order valence-corrected chi connectivity index (χ2v) is 11.8. The highest BCUT2D eigenvalue weighted by molar-refractivity contribution is 7.92. The molecular weight excluding hydrogens is 513 g/mol. The Morgan fingerprint density at radius 1 is 1.26 bits per heavy atom. The maximum Gasteiger partial charge on any atom is 0.343 e. The van der Waals surface area contributed by atoms with Crippen LogP contribution in [-0.2, 0) is 26.1 Å². The molecule has 3 aliphatic rings. The lowest BCUT2D eigenvalue weighted by atomic mass is 10.0. The molecule has 1 saturated heterocycles. The van der Waals surface area contributed by atoms with Crippen LogP contribution in [0.3, 0.4) is 0 Å². The van der Waals surface area contributed by atoms with Gasteiger partial charge < -0.3 is 14.4 Å². The van der Waals surface area contributed by atoms with Crippen LogP contribution in [0.15, 0.2) is 35.2 Å². The number of benzene rings is 2. The molecule has 2 aliphatic heterocycles. The smallest absolute Gasteiger partial charge is 0.343 e. The zero-order valence-electron chi connectivity index (χ0n) is 21.7. The minimum absolute atomic E-state index is 0.00997. The average molecular weight is 546 g/mol. The number of methoxy groups -OCH3 is 1. The summed E-state index contributed by atoms with van der Waals surface area (Å²) in [5.74, 6) is -0.452. The number of likely N-dealkylation sites (tertiary alicyclic amines) is 1. The first kappa shape index (κ1) is 26.4. The number of anilines is 1. The topological polar surface area (TPSA) is 105 Å². The summed E-state index contributed by atoms with van der Waals surface area (Å²) >= 11 is 0. The lowest BCUT2D eigenvalue weighted by molar-refractivity contribution is -0.135. The number of rotatable bonds is 8. The molecule has 1 N–H and O–H groups in total. The lowest BCUT2D eigenvalue weighted by Crippen LogP contribution is -2.43. The molecule has 5 rings (SSSR count). The Kier molecular flexibility index (Phi) is 7.08. The van der Waals surface area contributed by atoms with Crippen molar-refractivity contribution in [1.29, 1.82) is 0 Å². The molecular formula is C27H32FN3O6S. The number of carbonyl (C=O) groups excluding carboxylic acids is 2. The normalized spacial score (nSPS) is 22.2. The summed E-state index contributed by atoms with van der Waals surface area (Å²) in [6.07, 6.45) is 2.60. The Morgan fingerprint density at radius 2 is 2.05 bits per heavy atom. The summed E-state index contributed by atoms with van der Waals surface area (Å²) in [4.78, 5) is 29.2. The van der Waals surface area contributed by atoms with E-state index in [0.29, 0.717) is 18.3 Å². The van der Waals surface area contributed by atoms with Crippen molar-refractivity contribution in [3.05, 3.63) is 52.8 Å². The van der Waals surface area contributed by atoms with Crippen LogP contribution in [0, 0.1) is 11.7 Å². The number of nitrogens with zero attached hydrogens (tertiary/aromatic N) is 2. The predicted octanol–water partition coefficient (Wildman–Crippen LogP) is 3.35. The number of hydrogen-bond acceptors (Lipinski definition) is 7. The molecule has 1 saturated carbocycles. The van der Waals surface area contributed by atoms with Gasteiger partial charge >= 0.3 is 5.97 Å². The van der Waals surface area contributed by atoms with Crippen molar-refractivity contribution in [2.24, 2.45) is 5.92 Å². The summed E-state index contributed by atoms with van der Waals surface area (Å²) in [5, 5.41) is 0. The highest BCUT2D eigenvalue weighted by atomic mass is 32.2. The van der Waals surface area contributed by atoms with Gasteiger partial charge in [0, 0.05) is 19.5 Å². The van der Waals surface area contributed by atoms with E-state index in [-0.39, 0.29) is 46.1 Å². The van der Waals surface area contributed by atoms with Crippen LogP contribution in [0.4, 0.5) is 10.1 Å². The van der Waals surface area contributed by atoms with Crippen molar-refractivity contribution in [2.75, 3.05) is 38.6 Å². The van der Waals surface area contributed by atoms with E-state index in [0.717, 1.165) is 50.0 Å². The SMILES string of the molecule is CCN1CCCC1C(=O)N(C)Cc1cc(F)ccc1S(=O)(=O)Nc1ccc2c(c1C(=O)OC)OC[C@@H]1C[C@H]21. The second-order valence-electron chi connectivity index (χ2n) is 10.1. The first-order valence-electron chi connectivity index (χ1n) is 12.8.